The maximum absolute atomic E-state index is 14.1. The van der Waals surface area contributed by atoms with Gasteiger partial charge in [-0.3, -0.25) is 0 Å². The largest absolute Gasteiger partial charge is 0.494 e. The zero-order valence-corrected chi connectivity index (χ0v) is 10.2. The van der Waals surface area contributed by atoms with Crippen LogP contribution in [0.5, 0.6) is 5.75 Å². The molecule has 1 unspecified atom stereocenters. The molecule has 2 N–H and O–H groups in total. The van der Waals surface area contributed by atoms with Gasteiger partial charge < -0.3 is 15.2 Å². The van der Waals surface area contributed by atoms with Crippen LogP contribution in [0.3, 0.4) is 0 Å². The monoisotopic (exact) mass is 239 g/mol. The summed E-state index contributed by atoms with van der Waals surface area (Å²) in [5.41, 5.74) is 6.20. The van der Waals surface area contributed by atoms with Crippen LogP contribution in [0, 0.1) is 5.82 Å². The fourth-order valence-electron chi connectivity index (χ4n) is 2.38. The summed E-state index contributed by atoms with van der Waals surface area (Å²) in [4.78, 5) is 0. The molecule has 1 aliphatic carbocycles. The smallest absolute Gasteiger partial charge is 0.169 e. The standard InChI is InChI=1S/C13H18FNO2/c1-16-10-6-3-5-9(11(10)14)12(15)13(17-2)7-4-8-13/h3,5-6,12H,4,7-8,15H2,1-2H3. The number of rotatable bonds is 4. The van der Waals surface area contributed by atoms with Crippen LogP contribution in [0.4, 0.5) is 4.39 Å². The van der Waals surface area contributed by atoms with Crippen LogP contribution in [-0.2, 0) is 4.74 Å². The van der Waals surface area contributed by atoms with Crippen molar-refractivity contribution in [2.75, 3.05) is 14.2 Å². The van der Waals surface area contributed by atoms with Crippen molar-refractivity contribution in [2.24, 2.45) is 5.73 Å². The number of benzene rings is 1. The van der Waals surface area contributed by atoms with Crippen LogP contribution in [0.2, 0.25) is 0 Å². The average molecular weight is 239 g/mol. The zero-order valence-electron chi connectivity index (χ0n) is 10.2. The molecule has 1 aliphatic rings. The van der Waals surface area contributed by atoms with E-state index in [1.165, 1.54) is 7.11 Å². The van der Waals surface area contributed by atoms with E-state index in [1.807, 2.05) is 0 Å². The molecule has 1 saturated carbocycles. The third-order valence-corrected chi connectivity index (χ3v) is 3.72. The van der Waals surface area contributed by atoms with Gasteiger partial charge in [0, 0.05) is 12.7 Å². The van der Waals surface area contributed by atoms with E-state index in [2.05, 4.69) is 0 Å². The number of halogens is 1. The molecule has 0 amide bonds. The zero-order chi connectivity index (χ0) is 12.5. The van der Waals surface area contributed by atoms with Crippen molar-refractivity contribution in [3.05, 3.63) is 29.6 Å². The van der Waals surface area contributed by atoms with Gasteiger partial charge in [0.2, 0.25) is 0 Å². The topological polar surface area (TPSA) is 44.5 Å². The lowest BCUT2D eigenvalue weighted by Crippen LogP contribution is -2.48. The highest BCUT2D eigenvalue weighted by atomic mass is 19.1. The minimum Gasteiger partial charge on any atom is -0.494 e. The van der Waals surface area contributed by atoms with Crippen LogP contribution < -0.4 is 10.5 Å². The van der Waals surface area contributed by atoms with Gasteiger partial charge in [-0.15, -0.1) is 0 Å². The minimum absolute atomic E-state index is 0.225. The highest BCUT2D eigenvalue weighted by Gasteiger charge is 2.44. The molecule has 17 heavy (non-hydrogen) atoms. The van der Waals surface area contributed by atoms with Crippen LogP contribution in [0.15, 0.2) is 18.2 Å². The Bertz CT molecular complexity index is 399. The van der Waals surface area contributed by atoms with Crippen LogP contribution in [0.25, 0.3) is 0 Å². The number of hydrogen-bond donors (Lipinski definition) is 1. The van der Waals surface area contributed by atoms with E-state index in [0.29, 0.717) is 5.56 Å². The third kappa shape index (κ3) is 1.91. The first kappa shape index (κ1) is 12.3. The summed E-state index contributed by atoms with van der Waals surface area (Å²) in [6, 6.07) is 4.59. The Morgan fingerprint density at radius 2 is 2.06 bits per heavy atom. The average Bonchev–Trinajstić information content (AvgIpc) is 2.28. The molecule has 0 radical (unpaired) electrons. The fraction of sp³-hybridized carbons (Fsp3) is 0.538. The van der Waals surface area contributed by atoms with Gasteiger partial charge >= 0.3 is 0 Å². The highest BCUT2D eigenvalue weighted by Crippen LogP contribution is 2.44. The number of methoxy groups -OCH3 is 2. The summed E-state index contributed by atoms with van der Waals surface area (Å²) in [6.07, 6.45) is 2.83. The molecule has 1 aromatic rings. The summed E-state index contributed by atoms with van der Waals surface area (Å²) in [5.74, 6) is -0.158. The molecule has 1 fully saturated rings. The van der Waals surface area contributed by atoms with Gasteiger partial charge in [-0.1, -0.05) is 12.1 Å². The molecule has 94 valence electrons. The van der Waals surface area contributed by atoms with Crippen molar-refractivity contribution < 1.29 is 13.9 Å². The van der Waals surface area contributed by atoms with E-state index in [9.17, 15) is 4.39 Å². The molecule has 3 nitrogen and oxygen atoms in total. The molecule has 4 heteroatoms. The molecule has 1 atom stereocenters. The van der Waals surface area contributed by atoms with Crippen molar-refractivity contribution >= 4 is 0 Å². The van der Waals surface area contributed by atoms with Crippen molar-refractivity contribution in [3.63, 3.8) is 0 Å². The van der Waals surface area contributed by atoms with Crippen molar-refractivity contribution in [2.45, 2.75) is 30.9 Å². The van der Waals surface area contributed by atoms with Crippen molar-refractivity contribution in [1.29, 1.82) is 0 Å². The Hall–Kier alpha value is -1.13. The van der Waals surface area contributed by atoms with Gasteiger partial charge in [0.05, 0.1) is 18.8 Å². The maximum atomic E-state index is 14.1. The molecular weight excluding hydrogens is 221 g/mol. The Balaban J connectivity index is 2.33. The minimum atomic E-state index is -0.448. The number of hydrogen-bond acceptors (Lipinski definition) is 3. The summed E-state index contributed by atoms with van der Waals surface area (Å²) in [7, 11) is 3.08. The quantitative estimate of drug-likeness (QED) is 0.877. The van der Waals surface area contributed by atoms with Crippen molar-refractivity contribution in [3.8, 4) is 5.75 Å². The maximum Gasteiger partial charge on any atom is 0.169 e. The Morgan fingerprint density at radius 1 is 1.35 bits per heavy atom. The second-order valence-electron chi connectivity index (χ2n) is 4.46. The summed E-state index contributed by atoms with van der Waals surface area (Å²) < 4.78 is 24.5. The molecular formula is C13H18FNO2. The summed E-state index contributed by atoms with van der Waals surface area (Å²) in [5, 5.41) is 0. The summed E-state index contributed by atoms with van der Waals surface area (Å²) in [6.45, 7) is 0. The predicted octanol–water partition coefficient (Wildman–Crippen LogP) is 2.40. The highest BCUT2D eigenvalue weighted by molar-refractivity contribution is 5.34. The predicted molar refractivity (Wildman–Crippen MR) is 63.5 cm³/mol. The van der Waals surface area contributed by atoms with E-state index in [4.69, 9.17) is 15.2 Å². The second-order valence-corrected chi connectivity index (χ2v) is 4.46. The number of ether oxygens (including phenoxy) is 2. The van der Waals surface area contributed by atoms with Crippen LogP contribution in [-0.4, -0.2) is 19.8 Å². The number of nitrogens with two attached hydrogens (primary N) is 1. The SMILES string of the molecule is COc1cccc(C(N)C2(OC)CCC2)c1F. The van der Waals surface area contributed by atoms with Crippen molar-refractivity contribution in [1.82, 2.24) is 0 Å². The Morgan fingerprint density at radius 3 is 2.53 bits per heavy atom. The van der Waals surface area contributed by atoms with Gasteiger partial charge in [-0.05, 0) is 25.3 Å². The van der Waals surface area contributed by atoms with Gasteiger partial charge in [-0.25, -0.2) is 4.39 Å². The third-order valence-electron chi connectivity index (χ3n) is 3.72. The van der Waals surface area contributed by atoms with Crippen LogP contribution in [0.1, 0.15) is 30.9 Å². The molecule has 0 aliphatic heterocycles. The Kier molecular flexibility index (Phi) is 3.35. The summed E-state index contributed by atoms with van der Waals surface area (Å²) >= 11 is 0. The normalized spacial score (nSPS) is 19.5. The lowest BCUT2D eigenvalue weighted by atomic mass is 9.72. The van der Waals surface area contributed by atoms with Gasteiger partial charge in [-0.2, -0.15) is 0 Å². The van der Waals surface area contributed by atoms with Gasteiger partial charge in [0.15, 0.2) is 11.6 Å². The first-order valence-electron chi connectivity index (χ1n) is 5.78. The molecule has 0 heterocycles. The first-order chi connectivity index (χ1) is 8.14. The van der Waals surface area contributed by atoms with Gasteiger partial charge in [0.25, 0.3) is 0 Å². The van der Waals surface area contributed by atoms with E-state index >= 15 is 0 Å². The Labute approximate surface area is 101 Å². The molecule has 0 bridgehead atoms. The van der Waals surface area contributed by atoms with E-state index in [0.717, 1.165) is 19.3 Å². The first-order valence-corrected chi connectivity index (χ1v) is 5.78. The van der Waals surface area contributed by atoms with E-state index in [1.54, 1.807) is 25.3 Å². The molecule has 0 spiro atoms. The van der Waals surface area contributed by atoms with E-state index < -0.39 is 11.6 Å². The van der Waals surface area contributed by atoms with Gasteiger partial charge in [0.1, 0.15) is 0 Å². The molecule has 0 saturated heterocycles. The lowest BCUT2D eigenvalue weighted by molar-refractivity contribution is -0.0918. The molecule has 0 aromatic heterocycles. The van der Waals surface area contributed by atoms with E-state index in [-0.39, 0.29) is 11.6 Å². The second kappa shape index (κ2) is 4.63. The molecule has 2 rings (SSSR count). The molecule has 1 aromatic carbocycles. The lowest BCUT2D eigenvalue weighted by Gasteiger charge is -2.45. The van der Waals surface area contributed by atoms with Crippen LogP contribution >= 0.6 is 0 Å². The fourth-order valence-corrected chi connectivity index (χ4v) is 2.38.